The van der Waals surface area contributed by atoms with Crippen LogP contribution in [0.3, 0.4) is 0 Å². The monoisotopic (exact) mass is 238 g/mol. The van der Waals surface area contributed by atoms with Gasteiger partial charge in [-0.3, -0.25) is 0 Å². The van der Waals surface area contributed by atoms with E-state index >= 15 is 0 Å². The van der Waals surface area contributed by atoms with Gasteiger partial charge in [-0.25, -0.2) is 0 Å². The Morgan fingerprint density at radius 2 is 1.50 bits per heavy atom. The van der Waals surface area contributed by atoms with Crippen molar-refractivity contribution in [2.24, 2.45) is 0 Å². The fourth-order valence-electron chi connectivity index (χ4n) is 0.972. The first-order valence-corrected chi connectivity index (χ1v) is 5.41. The summed E-state index contributed by atoms with van der Waals surface area (Å²) in [6, 6.07) is 0. The lowest BCUT2D eigenvalue weighted by Crippen LogP contribution is -2.28. The summed E-state index contributed by atoms with van der Waals surface area (Å²) in [5.74, 6) is 0. The van der Waals surface area contributed by atoms with Gasteiger partial charge in [-0.2, -0.15) is 0 Å². The average molecular weight is 238 g/mol. The topological polar surface area (TPSA) is 99.4 Å². The molecule has 0 aliphatic carbocycles. The molecule has 0 spiro atoms. The normalized spacial score (nSPS) is 17.1. The van der Waals surface area contributed by atoms with Crippen LogP contribution in [0.5, 0.6) is 0 Å². The minimum Gasteiger partial charge on any atom is -0.394 e. The molecule has 6 heteroatoms. The van der Waals surface area contributed by atoms with Gasteiger partial charge >= 0.3 is 0 Å². The summed E-state index contributed by atoms with van der Waals surface area (Å²) in [6.45, 7) is 1.63. The van der Waals surface area contributed by atoms with E-state index in [-0.39, 0.29) is 39.1 Å². The molecule has 3 unspecified atom stereocenters. The first kappa shape index (κ1) is 15.8. The zero-order valence-electron chi connectivity index (χ0n) is 9.58. The van der Waals surface area contributed by atoms with E-state index in [0.717, 1.165) is 0 Å². The number of ether oxygens (including phenoxy) is 2. The Bertz CT molecular complexity index is 154. The molecular weight excluding hydrogens is 216 g/mol. The quantitative estimate of drug-likeness (QED) is 0.370. The summed E-state index contributed by atoms with van der Waals surface area (Å²) >= 11 is 0. The molecule has 0 heterocycles. The molecule has 0 amide bonds. The van der Waals surface area contributed by atoms with Gasteiger partial charge in [0.05, 0.1) is 39.1 Å². The minimum absolute atomic E-state index is 0.0545. The highest BCUT2D eigenvalue weighted by molar-refractivity contribution is 4.58. The molecule has 0 bridgehead atoms. The van der Waals surface area contributed by atoms with Crippen molar-refractivity contribution < 1.29 is 29.9 Å². The van der Waals surface area contributed by atoms with E-state index in [2.05, 4.69) is 0 Å². The maximum atomic E-state index is 9.07. The van der Waals surface area contributed by atoms with Crippen molar-refractivity contribution in [1.82, 2.24) is 0 Å². The fourth-order valence-corrected chi connectivity index (χ4v) is 0.972. The van der Waals surface area contributed by atoms with E-state index in [4.69, 9.17) is 29.9 Å². The second kappa shape index (κ2) is 9.95. The van der Waals surface area contributed by atoms with Crippen LogP contribution in [0.1, 0.15) is 13.3 Å². The molecule has 0 saturated heterocycles. The smallest absolute Gasteiger partial charge is 0.100 e. The van der Waals surface area contributed by atoms with Crippen LogP contribution >= 0.6 is 0 Å². The Morgan fingerprint density at radius 1 is 0.938 bits per heavy atom. The number of hydrogen-bond donors (Lipinski definition) is 4. The van der Waals surface area contributed by atoms with E-state index in [1.807, 2.05) is 6.92 Å². The molecule has 0 aromatic rings. The van der Waals surface area contributed by atoms with Crippen molar-refractivity contribution in [2.75, 3.05) is 33.0 Å². The summed E-state index contributed by atoms with van der Waals surface area (Å²) in [7, 11) is 0. The summed E-state index contributed by atoms with van der Waals surface area (Å²) < 4.78 is 10.4. The van der Waals surface area contributed by atoms with Crippen LogP contribution in [0.25, 0.3) is 0 Å². The van der Waals surface area contributed by atoms with Crippen LogP contribution in [0.15, 0.2) is 0 Å². The molecule has 0 saturated carbocycles. The molecular formula is C10H22O6. The van der Waals surface area contributed by atoms with Crippen LogP contribution in [0, 0.1) is 0 Å². The predicted octanol–water partition coefficient (Wildman–Crippen LogP) is -1.50. The molecule has 0 aliphatic rings. The Hall–Kier alpha value is -0.240. The number of hydrogen-bond acceptors (Lipinski definition) is 6. The van der Waals surface area contributed by atoms with Gasteiger partial charge in [0.2, 0.25) is 0 Å². The van der Waals surface area contributed by atoms with Gasteiger partial charge in [0.15, 0.2) is 0 Å². The highest BCUT2D eigenvalue weighted by Crippen LogP contribution is 2.01. The van der Waals surface area contributed by atoms with Crippen LogP contribution in [0.2, 0.25) is 0 Å². The van der Waals surface area contributed by atoms with Crippen LogP contribution in [0.4, 0.5) is 0 Å². The maximum absolute atomic E-state index is 9.07. The third-order valence-corrected chi connectivity index (χ3v) is 2.02. The van der Waals surface area contributed by atoms with Gasteiger partial charge in [-0.1, -0.05) is 6.92 Å². The van der Waals surface area contributed by atoms with Gasteiger partial charge < -0.3 is 29.9 Å². The Kier molecular flexibility index (Phi) is 9.80. The summed E-state index contributed by atoms with van der Waals surface area (Å²) in [5, 5.41) is 35.2. The number of aliphatic hydroxyl groups excluding tert-OH is 4. The van der Waals surface area contributed by atoms with Crippen LogP contribution in [-0.2, 0) is 9.47 Å². The first-order chi connectivity index (χ1) is 7.63. The Balaban J connectivity index is 3.58. The van der Waals surface area contributed by atoms with Crippen molar-refractivity contribution in [3.63, 3.8) is 0 Å². The molecule has 0 fully saturated rings. The number of rotatable bonds is 10. The third kappa shape index (κ3) is 7.98. The highest BCUT2D eigenvalue weighted by Gasteiger charge is 2.11. The lowest BCUT2D eigenvalue weighted by Gasteiger charge is -2.18. The molecule has 0 aliphatic heterocycles. The van der Waals surface area contributed by atoms with Crippen molar-refractivity contribution >= 4 is 0 Å². The molecule has 0 rings (SSSR count). The van der Waals surface area contributed by atoms with E-state index in [0.29, 0.717) is 6.42 Å². The molecule has 98 valence electrons. The van der Waals surface area contributed by atoms with Gasteiger partial charge in [0.1, 0.15) is 12.2 Å². The molecule has 4 N–H and O–H groups in total. The largest absolute Gasteiger partial charge is 0.394 e. The number of aliphatic hydroxyl groups is 4. The summed E-state index contributed by atoms with van der Waals surface area (Å²) in [5.41, 5.74) is 0. The first-order valence-electron chi connectivity index (χ1n) is 5.41. The van der Waals surface area contributed by atoms with Crippen LogP contribution in [-0.4, -0.2) is 71.8 Å². The molecule has 0 radical (unpaired) electrons. The van der Waals surface area contributed by atoms with Crippen molar-refractivity contribution in [2.45, 2.75) is 31.7 Å². The molecule has 0 aromatic heterocycles. The Labute approximate surface area is 95.4 Å². The van der Waals surface area contributed by atoms with Crippen molar-refractivity contribution in [1.29, 1.82) is 0 Å². The van der Waals surface area contributed by atoms with Gasteiger partial charge in [-0.05, 0) is 6.42 Å². The van der Waals surface area contributed by atoms with Gasteiger partial charge in [-0.15, -0.1) is 0 Å². The fraction of sp³-hybridized carbons (Fsp3) is 1.00. The van der Waals surface area contributed by atoms with Crippen LogP contribution < -0.4 is 0 Å². The SMILES string of the molecule is CCC(COCC(O)CO)OCC(O)CO. The van der Waals surface area contributed by atoms with E-state index in [1.165, 1.54) is 0 Å². The van der Waals surface area contributed by atoms with Gasteiger partial charge in [0.25, 0.3) is 0 Å². The zero-order valence-corrected chi connectivity index (χ0v) is 9.58. The Morgan fingerprint density at radius 3 is 2.00 bits per heavy atom. The molecule has 3 atom stereocenters. The van der Waals surface area contributed by atoms with Crippen molar-refractivity contribution in [3.8, 4) is 0 Å². The van der Waals surface area contributed by atoms with Gasteiger partial charge in [0, 0.05) is 0 Å². The maximum Gasteiger partial charge on any atom is 0.100 e. The summed E-state index contributed by atoms with van der Waals surface area (Å²) in [6.07, 6.45) is -1.24. The van der Waals surface area contributed by atoms with E-state index in [9.17, 15) is 0 Å². The second-order valence-corrected chi connectivity index (χ2v) is 3.57. The third-order valence-electron chi connectivity index (χ3n) is 2.02. The highest BCUT2D eigenvalue weighted by atomic mass is 16.5. The minimum atomic E-state index is -0.878. The lowest BCUT2D eigenvalue weighted by atomic mass is 10.3. The van der Waals surface area contributed by atoms with E-state index in [1.54, 1.807) is 0 Å². The second-order valence-electron chi connectivity index (χ2n) is 3.57. The zero-order chi connectivity index (χ0) is 12.4. The molecule has 6 nitrogen and oxygen atoms in total. The average Bonchev–Trinajstić information content (AvgIpc) is 2.32. The van der Waals surface area contributed by atoms with E-state index < -0.39 is 12.2 Å². The molecule has 16 heavy (non-hydrogen) atoms. The standard InChI is InChI=1S/C10H22O6/c1-2-10(16-6-9(14)4-12)7-15-5-8(13)3-11/h8-14H,2-7H2,1H3. The van der Waals surface area contributed by atoms with Crippen molar-refractivity contribution in [3.05, 3.63) is 0 Å². The predicted molar refractivity (Wildman–Crippen MR) is 57.0 cm³/mol. The lowest BCUT2D eigenvalue weighted by molar-refractivity contribution is -0.0740. The molecule has 0 aromatic carbocycles. The summed E-state index contributed by atoms with van der Waals surface area (Å²) in [4.78, 5) is 0.